The minimum Gasteiger partial charge on any atom is -0.324 e. The fraction of sp³-hybridized carbons (Fsp3) is 0.105. The lowest BCUT2D eigenvalue weighted by atomic mass is 10.1. The van der Waals surface area contributed by atoms with Crippen LogP contribution in [0, 0.1) is 13.8 Å². The monoisotopic (exact) mass is 386 g/mol. The van der Waals surface area contributed by atoms with Crippen LogP contribution in [-0.2, 0) is 0 Å². The van der Waals surface area contributed by atoms with Gasteiger partial charge in [-0.05, 0) is 55.3 Å². The summed E-state index contributed by atoms with van der Waals surface area (Å²) >= 11 is 11.9. The van der Waals surface area contributed by atoms with Gasteiger partial charge in [0, 0.05) is 33.8 Å². The predicted octanol–water partition coefficient (Wildman–Crippen LogP) is 5.40. The summed E-state index contributed by atoms with van der Waals surface area (Å²) in [5.41, 5.74) is 3.92. The number of carbonyl (C=O) groups is 1. The molecule has 26 heavy (non-hydrogen) atoms. The summed E-state index contributed by atoms with van der Waals surface area (Å²) in [5, 5.41) is 6.85. The Morgan fingerprint density at radius 1 is 0.846 bits per heavy atom. The van der Waals surface area contributed by atoms with Gasteiger partial charge in [-0.1, -0.05) is 29.3 Å². The van der Waals surface area contributed by atoms with Gasteiger partial charge >= 0.3 is 0 Å². The summed E-state index contributed by atoms with van der Waals surface area (Å²) in [5.74, 6) is 0.0682. The average molecular weight is 387 g/mol. The third-order valence-electron chi connectivity index (χ3n) is 3.51. The highest BCUT2D eigenvalue weighted by Crippen LogP contribution is 2.24. The lowest BCUT2D eigenvalue weighted by Crippen LogP contribution is -2.13. The first-order valence-electron chi connectivity index (χ1n) is 7.84. The van der Waals surface area contributed by atoms with Crippen LogP contribution in [-0.4, -0.2) is 15.9 Å². The van der Waals surface area contributed by atoms with Gasteiger partial charge in [0.1, 0.15) is 0 Å². The van der Waals surface area contributed by atoms with Gasteiger partial charge in [0.05, 0.1) is 5.56 Å². The molecule has 0 aliphatic carbocycles. The SMILES string of the molecule is Cc1cc(C)cc(NC(=O)c2cnc(Nc3cc(Cl)cc(Cl)c3)nc2)c1. The molecule has 132 valence electrons. The van der Waals surface area contributed by atoms with Crippen LogP contribution in [0.25, 0.3) is 0 Å². The number of aromatic nitrogens is 2. The number of rotatable bonds is 4. The Balaban J connectivity index is 1.71. The van der Waals surface area contributed by atoms with Gasteiger partial charge in [0.25, 0.3) is 5.91 Å². The lowest BCUT2D eigenvalue weighted by Gasteiger charge is -2.08. The molecule has 0 radical (unpaired) electrons. The Labute approximate surface area is 161 Å². The van der Waals surface area contributed by atoms with Crippen molar-refractivity contribution in [3.05, 3.63) is 75.5 Å². The predicted molar refractivity (Wildman–Crippen MR) is 106 cm³/mol. The first kappa shape index (κ1) is 18.2. The van der Waals surface area contributed by atoms with E-state index in [-0.39, 0.29) is 5.91 Å². The second kappa shape index (κ2) is 7.72. The zero-order chi connectivity index (χ0) is 18.7. The van der Waals surface area contributed by atoms with Crippen LogP contribution in [0.5, 0.6) is 0 Å². The standard InChI is InChI=1S/C19H16Cl2N4O/c1-11-3-12(2)5-16(4-11)24-18(26)13-9-22-19(23-10-13)25-17-7-14(20)6-15(21)8-17/h3-10H,1-2H3,(H,24,26)(H,22,23,25). The van der Waals surface area contributed by atoms with E-state index in [1.54, 1.807) is 18.2 Å². The van der Waals surface area contributed by atoms with E-state index in [1.165, 1.54) is 12.4 Å². The Morgan fingerprint density at radius 2 is 1.42 bits per heavy atom. The molecular formula is C19H16Cl2N4O. The summed E-state index contributed by atoms with van der Waals surface area (Å²) in [4.78, 5) is 20.7. The van der Waals surface area contributed by atoms with Crippen molar-refractivity contribution in [1.29, 1.82) is 0 Å². The zero-order valence-electron chi connectivity index (χ0n) is 14.2. The maximum Gasteiger partial charge on any atom is 0.258 e. The molecule has 2 aromatic carbocycles. The van der Waals surface area contributed by atoms with E-state index in [2.05, 4.69) is 20.6 Å². The first-order chi connectivity index (χ1) is 12.4. The summed E-state index contributed by atoms with van der Waals surface area (Å²) in [6.07, 6.45) is 2.92. The minimum atomic E-state index is -0.271. The number of aryl methyl sites for hydroxylation is 2. The number of carbonyl (C=O) groups excluding carboxylic acids is 1. The summed E-state index contributed by atoms with van der Waals surface area (Å²) in [7, 11) is 0. The molecule has 1 aromatic heterocycles. The van der Waals surface area contributed by atoms with Crippen molar-refractivity contribution >= 4 is 46.4 Å². The van der Waals surface area contributed by atoms with Gasteiger partial charge in [-0.15, -0.1) is 0 Å². The van der Waals surface area contributed by atoms with Crippen molar-refractivity contribution in [2.24, 2.45) is 0 Å². The van der Waals surface area contributed by atoms with Crippen LogP contribution in [0.3, 0.4) is 0 Å². The molecule has 2 N–H and O–H groups in total. The number of hydrogen-bond acceptors (Lipinski definition) is 4. The van der Waals surface area contributed by atoms with E-state index in [9.17, 15) is 4.79 Å². The average Bonchev–Trinajstić information content (AvgIpc) is 2.53. The highest BCUT2D eigenvalue weighted by molar-refractivity contribution is 6.35. The smallest absolute Gasteiger partial charge is 0.258 e. The Hall–Kier alpha value is -2.63. The van der Waals surface area contributed by atoms with Gasteiger partial charge in [-0.25, -0.2) is 9.97 Å². The normalized spacial score (nSPS) is 10.5. The third kappa shape index (κ3) is 4.71. The number of anilines is 3. The highest BCUT2D eigenvalue weighted by atomic mass is 35.5. The zero-order valence-corrected chi connectivity index (χ0v) is 15.7. The number of hydrogen-bond donors (Lipinski definition) is 2. The Bertz CT molecular complexity index is 918. The van der Waals surface area contributed by atoms with E-state index >= 15 is 0 Å². The second-order valence-electron chi connectivity index (χ2n) is 5.91. The molecule has 0 unspecified atom stereocenters. The molecule has 5 nitrogen and oxygen atoms in total. The van der Waals surface area contributed by atoms with E-state index in [0.29, 0.717) is 27.2 Å². The third-order valence-corrected chi connectivity index (χ3v) is 3.95. The molecule has 0 saturated heterocycles. The second-order valence-corrected chi connectivity index (χ2v) is 6.78. The molecule has 0 fully saturated rings. The van der Waals surface area contributed by atoms with Crippen LogP contribution < -0.4 is 10.6 Å². The van der Waals surface area contributed by atoms with Crippen molar-refractivity contribution in [2.75, 3.05) is 10.6 Å². The molecule has 1 amide bonds. The minimum absolute atomic E-state index is 0.271. The lowest BCUT2D eigenvalue weighted by molar-refractivity contribution is 0.102. The number of nitrogens with zero attached hydrogens (tertiary/aromatic N) is 2. The maximum absolute atomic E-state index is 12.3. The largest absolute Gasteiger partial charge is 0.324 e. The molecular weight excluding hydrogens is 371 g/mol. The maximum atomic E-state index is 12.3. The number of amides is 1. The van der Waals surface area contributed by atoms with E-state index in [0.717, 1.165) is 16.8 Å². The van der Waals surface area contributed by atoms with Crippen LogP contribution >= 0.6 is 23.2 Å². The Morgan fingerprint density at radius 3 is 2.00 bits per heavy atom. The quantitative estimate of drug-likeness (QED) is 0.629. The van der Waals surface area contributed by atoms with Gasteiger partial charge in [0.2, 0.25) is 5.95 Å². The molecule has 0 atom stereocenters. The Kier molecular flexibility index (Phi) is 5.40. The summed E-state index contributed by atoms with van der Waals surface area (Å²) in [6.45, 7) is 3.96. The van der Waals surface area contributed by atoms with Gasteiger partial charge < -0.3 is 10.6 Å². The molecule has 0 bridgehead atoms. The van der Waals surface area contributed by atoms with Crippen molar-refractivity contribution in [3.63, 3.8) is 0 Å². The molecule has 3 rings (SSSR count). The number of benzene rings is 2. The molecule has 3 aromatic rings. The van der Waals surface area contributed by atoms with Gasteiger partial charge in [-0.2, -0.15) is 0 Å². The van der Waals surface area contributed by atoms with E-state index in [1.807, 2.05) is 32.0 Å². The number of halogens is 2. The first-order valence-corrected chi connectivity index (χ1v) is 8.59. The molecule has 0 saturated carbocycles. The van der Waals surface area contributed by atoms with Crippen LogP contribution in [0.4, 0.5) is 17.3 Å². The van der Waals surface area contributed by atoms with Crippen LogP contribution in [0.15, 0.2) is 48.8 Å². The fourth-order valence-corrected chi connectivity index (χ4v) is 3.04. The highest BCUT2D eigenvalue weighted by Gasteiger charge is 2.09. The van der Waals surface area contributed by atoms with Crippen molar-refractivity contribution in [2.45, 2.75) is 13.8 Å². The summed E-state index contributed by atoms with van der Waals surface area (Å²) < 4.78 is 0. The molecule has 0 aliphatic heterocycles. The van der Waals surface area contributed by atoms with Gasteiger partial charge in [-0.3, -0.25) is 4.79 Å². The van der Waals surface area contributed by atoms with E-state index < -0.39 is 0 Å². The van der Waals surface area contributed by atoms with Crippen molar-refractivity contribution in [3.8, 4) is 0 Å². The van der Waals surface area contributed by atoms with Crippen molar-refractivity contribution in [1.82, 2.24) is 9.97 Å². The summed E-state index contributed by atoms with van der Waals surface area (Å²) in [6, 6.07) is 10.9. The van der Waals surface area contributed by atoms with Crippen LogP contribution in [0.2, 0.25) is 10.0 Å². The molecule has 7 heteroatoms. The molecule has 1 heterocycles. The molecule has 0 aliphatic rings. The van der Waals surface area contributed by atoms with E-state index in [4.69, 9.17) is 23.2 Å². The molecule has 0 spiro atoms. The van der Waals surface area contributed by atoms with Crippen molar-refractivity contribution < 1.29 is 4.79 Å². The van der Waals surface area contributed by atoms with Crippen LogP contribution in [0.1, 0.15) is 21.5 Å². The number of nitrogens with one attached hydrogen (secondary N) is 2. The fourth-order valence-electron chi connectivity index (χ4n) is 2.52. The topological polar surface area (TPSA) is 66.9 Å². The van der Waals surface area contributed by atoms with Gasteiger partial charge in [0.15, 0.2) is 0 Å².